The van der Waals surface area contributed by atoms with E-state index in [4.69, 9.17) is 4.52 Å². The van der Waals surface area contributed by atoms with E-state index in [1.54, 1.807) is 0 Å². The van der Waals surface area contributed by atoms with E-state index in [9.17, 15) is 31.5 Å². The van der Waals surface area contributed by atoms with Crippen molar-refractivity contribution in [3.63, 3.8) is 0 Å². The van der Waals surface area contributed by atoms with Crippen molar-refractivity contribution in [3.8, 4) is 17.0 Å². The lowest BCUT2D eigenvalue weighted by atomic mass is 10.1. The van der Waals surface area contributed by atoms with Gasteiger partial charge in [-0.25, -0.2) is 8.78 Å². The smallest absolute Gasteiger partial charge is 0.404 e. The van der Waals surface area contributed by atoms with Gasteiger partial charge in [0.1, 0.15) is 11.6 Å². The van der Waals surface area contributed by atoms with Crippen molar-refractivity contribution in [1.82, 2.24) is 9.88 Å². The summed E-state index contributed by atoms with van der Waals surface area (Å²) in [4.78, 5) is 31.6. The third-order valence-corrected chi connectivity index (χ3v) is 8.18. The van der Waals surface area contributed by atoms with Crippen LogP contribution in [0.25, 0.3) is 11.3 Å². The molecule has 8 nitrogen and oxygen atoms in total. The first-order chi connectivity index (χ1) is 19.0. The van der Waals surface area contributed by atoms with E-state index in [0.29, 0.717) is 12.8 Å². The molecule has 0 saturated carbocycles. The molecule has 5 rings (SSSR count). The first-order valence-electron chi connectivity index (χ1n) is 12.1. The Hall–Kier alpha value is -3.67. The fourth-order valence-electron chi connectivity index (χ4n) is 4.44. The van der Waals surface area contributed by atoms with E-state index in [2.05, 4.69) is 20.4 Å². The van der Waals surface area contributed by atoms with Crippen molar-refractivity contribution in [2.75, 3.05) is 36.2 Å². The maximum absolute atomic E-state index is 13.5. The number of nitrogens with zero attached hydrogens (tertiary/aromatic N) is 2. The standard InChI is InChI=1S/C26H22F5N4O4P/c27-17-7-16(8-18(28)10-17)21-3-2-19(11-32-21)33-25(37)15-1-4-23(38-26(29,30)31)22(9-15)34-24(36)13-35-12-20-5-6-40(14-35)39-20/h1-4,7-11,20H,5-6,12-14H2,(H,33,37)(H,34,36). The SMILES string of the molecule is O=C(CN1CC2CCP(C1)O2)Nc1cc(C(=O)Nc2ccc(-c3cc(F)cc(F)c3)nc2)ccc1OC(F)(F)F. The first kappa shape index (κ1) is 27.9. The van der Waals surface area contributed by atoms with Crippen LogP contribution in [-0.4, -0.2) is 59.7 Å². The summed E-state index contributed by atoms with van der Waals surface area (Å²) in [6.45, 7) is 0.509. The summed E-state index contributed by atoms with van der Waals surface area (Å²) in [7, 11) is -0.625. The second-order valence-electron chi connectivity index (χ2n) is 9.23. The molecule has 40 heavy (non-hydrogen) atoms. The van der Waals surface area contributed by atoms with Gasteiger partial charge in [-0.1, -0.05) is 0 Å². The summed E-state index contributed by atoms with van der Waals surface area (Å²) < 4.78 is 75.8. The number of hydrogen-bond acceptors (Lipinski definition) is 6. The second-order valence-corrected chi connectivity index (χ2v) is 11.1. The molecule has 2 unspecified atom stereocenters. The number of alkyl halides is 3. The van der Waals surface area contributed by atoms with E-state index in [1.165, 1.54) is 18.3 Å². The van der Waals surface area contributed by atoms with Gasteiger partial charge in [0.05, 0.1) is 35.9 Å². The van der Waals surface area contributed by atoms with Crippen LogP contribution < -0.4 is 15.4 Å². The minimum atomic E-state index is -5.02. The highest BCUT2D eigenvalue weighted by Crippen LogP contribution is 2.49. The second kappa shape index (κ2) is 11.4. The molecule has 3 aromatic rings. The highest BCUT2D eigenvalue weighted by molar-refractivity contribution is 7.52. The van der Waals surface area contributed by atoms with Gasteiger partial charge in [-0.3, -0.25) is 19.5 Å². The maximum atomic E-state index is 13.5. The third-order valence-electron chi connectivity index (χ3n) is 6.11. The van der Waals surface area contributed by atoms with E-state index in [0.717, 1.165) is 49.0 Å². The highest BCUT2D eigenvalue weighted by atomic mass is 31.1. The number of carbonyl (C=O) groups is 2. The van der Waals surface area contributed by atoms with Crippen LogP contribution in [-0.2, 0) is 9.32 Å². The molecule has 0 spiro atoms. The van der Waals surface area contributed by atoms with Crippen LogP contribution in [0.15, 0.2) is 54.7 Å². The van der Waals surface area contributed by atoms with Gasteiger partial charge in [0.2, 0.25) is 5.91 Å². The number of rotatable bonds is 7. The van der Waals surface area contributed by atoms with E-state index in [1.807, 2.05) is 4.90 Å². The van der Waals surface area contributed by atoms with Gasteiger partial charge in [0.15, 0.2) is 5.75 Å². The predicted octanol–water partition coefficient (Wildman–Crippen LogP) is 5.58. The van der Waals surface area contributed by atoms with Crippen LogP contribution >= 0.6 is 8.15 Å². The molecule has 2 saturated heterocycles. The lowest BCUT2D eigenvalue weighted by Crippen LogP contribution is -2.40. The van der Waals surface area contributed by atoms with Crippen molar-refractivity contribution < 1.29 is 40.8 Å². The maximum Gasteiger partial charge on any atom is 0.573 e. The molecule has 2 aliphatic heterocycles. The first-order valence-corrected chi connectivity index (χ1v) is 13.7. The van der Waals surface area contributed by atoms with Gasteiger partial charge in [-0.05, 0) is 55.0 Å². The summed E-state index contributed by atoms with van der Waals surface area (Å²) in [5.41, 5.74) is 0.287. The van der Waals surface area contributed by atoms with Crippen LogP contribution in [0.1, 0.15) is 16.8 Å². The van der Waals surface area contributed by atoms with Crippen molar-refractivity contribution in [1.29, 1.82) is 0 Å². The van der Waals surface area contributed by atoms with Gasteiger partial charge in [0.25, 0.3) is 5.91 Å². The largest absolute Gasteiger partial charge is 0.573 e. The summed E-state index contributed by atoms with van der Waals surface area (Å²) >= 11 is 0. The topological polar surface area (TPSA) is 92.8 Å². The monoisotopic (exact) mass is 580 g/mol. The Balaban J connectivity index is 1.29. The van der Waals surface area contributed by atoms with Gasteiger partial charge in [-0.2, -0.15) is 0 Å². The number of benzene rings is 2. The lowest BCUT2D eigenvalue weighted by molar-refractivity contribution is -0.274. The Kier molecular flexibility index (Phi) is 7.97. The van der Waals surface area contributed by atoms with Gasteiger partial charge < -0.3 is 19.9 Å². The van der Waals surface area contributed by atoms with E-state index >= 15 is 0 Å². The Morgan fingerprint density at radius 1 is 1.07 bits per heavy atom. The van der Waals surface area contributed by atoms with Crippen LogP contribution in [0, 0.1) is 11.6 Å². The van der Waals surface area contributed by atoms with E-state index < -0.39 is 43.7 Å². The molecule has 14 heteroatoms. The number of hydrogen-bond donors (Lipinski definition) is 2. The Bertz CT molecular complexity index is 1390. The number of anilines is 2. The fraction of sp³-hybridized carbons (Fsp3) is 0.269. The Labute approximate surface area is 226 Å². The van der Waals surface area contributed by atoms with Gasteiger partial charge in [-0.15, -0.1) is 13.2 Å². The van der Waals surface area contributed by atoms with Crippen molar-refractivity contribution in [3.05, 3.63) is 71.9 Å². The van der Waals surface area contributed by atoms with E-state index in [-0.39, 0.29) is 40.8 Å². The predicted molar refractivity (Wildman–Crippen MR) is 137 cm³/mol. The number of pyridine rings is 1. The quantitative estimate of drug-likeness (QED) is 0.280. The molecule has 1 aromatic heterocycles. The highest BCUT2D eigenvalue weighted by Gasteiger charge is 2.35. The zero-order valence-corrected chi connectivity index (χ0v) is 21.6. The molecule has 2 aromatic carbocycles. The molecule has 2 amide bonds. The number of ether oxygens (including phenoxy) is 1. The molecule has 0 aliphatic carbocycles. The number of amides is 2. The molecule has 0 radical (unpaired) electrons. The molecule has 3 heterocycles. The molecular formula is C26H22F5N4O4P. The number of fused-ring (bicyclic) bond motifs is 2. The minimum absolute atomic E-state index is 0.0478. The van der Waals surface area contributed by atoms with Crippen LogP contribution in [0.4, 0.5) is 33.3 Å². The lowest BCUT2D eigenvalue weighted by Gasteiger charge is -2.31. The molecule has 210 valence electrons. The number of carbonyl (C=O) groups excluding carboxylic acids is 2. The number of nitrogens with one attached hydrogen (secondary N) is 2. The summed E-state index contributed by atoms with van der Waals surface area (Å²) in [6.07, 6.45) is -1.21. The van der Waals surface area contributed by atoms with Crippen LogP contribution in [0.3, 0.4) is 0 Å². The summed E-state index contributed by atoms with van der Waals surface area (Å²) in [5.74, 6) is -3.47. The summed E-state index contributed by atoms with van der Waals surface area (Å²) in [5, 5.41) is 4.98. The summed E-state index contributed by atoms with van der Waals surface area (Å²) in [6, 6.07) is 8.97. The van der Waals surface area contributed by atoms with Crippen LogP contribution in [0.2, 0.25) is 0 Å². The minimum Gasteiger partial charge on any atom is -0.404 e. The van der Waals surface area contributed by atoms with Crippen molar-refractivity contribution in [2.24, 2.45) is 0 Å². The van der Waals surface area contributed by atoms with Crippen molar-refractivity contribution in [2.45, 2.75) is 18.9 Å². The number of aromatic nitrogens is 1. The van der Waals surface area contributed by atoms with Crippen LogP contribution in [0.5, 0.6) is 5.75 Å². The normalized spacial score (nSPS) is 18.8. The zero-order valence-electron chi connectivity index (χ0n) is 20.7. The van der Waals surface area contributed by atoms with Gasteiger partial charge in [0, 0.05) is 38.2 Å². The fourth-order valence-corrected chi connectivity index (χ4v) is 6.58. The van der Waals surface area contributed by atoms with Crippen molar-refractivity contribution >= 4 is 31.3 Å². The molecule has 2 atom stereocenters. The number of halogens is 5. The Morgan fingerprint density at radius 3 is 2.52 bits per heavy atom. The molecular weight excluding hydrogens is 558 g/mol. The van der Waals surface area contributed by atoms with Gasteiger partial charge >= 0.3 is 6.36 Å². The molecule has 2 bridgehead atoms. The average molecular weight is 580 g/mol. The molecule has 2 N–H and O–H groups in total. The zero-order chi connectivity index (χ0) is 28.4. The average Bonchev–Trinajstić information content (AvgIpc) is 3.21. The molecule has 2 aliphatic rings. The molecule has 2 fully saturated rings. The third kappa shape index (κ3) is 7.09. The Morgan fingerprint density at radius 2 is 1.85 bits per heavy atom.